The Morgan fingerprint density at radius 3 is 2.51 bits per heavy atom. The number of nitrogens with one attached hydrogen (secondary N) is 1. The molecule has 1 atom stereocenters. The predicted octanol–water partition coefficient (Wildman–Crippen LogP) is 4.00. The van der Waals surface area contributed by atoms with Gasteiger partial charge in [-0.3, -0.25) is 19.5 Å². The Kier molecular flexibility index (Phi) is 12.4. The smallest absolute Gasteiger partial charge is 0.251 e. The van der Waals surface area contributed by atoms with Gasteiger partial charge in [0.25, 0.3) is 5.91 Å². The summed E-state index contributed by atoms with van der Waals surface area (Å²) >= 11 is 0. The van der Waals surface area contributed by atoms with E-state index in [1.807, 2.05) is 4.90 Å². The Bertz CT molecular complexity index is 1770. The van der Waals surface area contributed by atoms with Gasteiger partial charge in [-0.05, 0) is 59.8 Å². The van der Waals surface area contributed by atoms with Crippen LogP contribution in [0.25, 0.3) is 31.3 Å². The fourth-order valence-electron chi connectivity index (χ4n) is 6.55. The Morgan fingerprint density at radius 2 is 1.80 bits per heavy atom. The summed E-state index contributed by atoms with van der Waals surface area (Å²) in [6, 6.07) is 6.95. The van der Waals surface area contributed by atoms with Crippen LogP contribution in [0.5, 0.6) is 5.75 Å². The highest BCUT2D eigenvalue weighted by molar-refractivity contribution is 6.05. The number of anilines is 4. The second-order valence-corrected chi connectivity index (χ2v) is 12.0. The standard InChI is InChI=1S/C30H38N18O3/c31-18-45-14-12-44(13-15-45)11-10-36-29(49)21-6-7-23(26(16-21)51-20-39-43-34)48(35)27-9-8-24-28(40-27)47(22-4-2-1-3-5-22)25(17-37-41-32)30(50)46(24)19-38-42-33/h6-9,16,22,25H,1-5,10-15,17,19-20,35H2,(H,36,49)/t25-/m1/s1. The molecule has 2 aliphatic heterocycles. The summed E-state index contributed by atoms with van der Waals surface area (Å²) < 4.78 is 5.75. The zero-order chi connectivity index (χ0) is 36.2. The van der Waals surface area contributed by atoms with Gasteiger partial charge in [-0.15, -0.1) is 0 Å². The molecule has 2 aromatic rings. The molecule has 1 aromatic carbocycles. The number of ether oxygens (including phenoxy) is 1. The van der Waals surface area contributed by atoms with E-state index in [0.717, 1.165) is 45.2 Å². The molecule has 3 heterocycles. The fraction of sp³-hybridized carbons (Fsp3) is 0.533. The maximum absolute atomic E-state index is 13.8. The van der Waals surface area contributed by atoms with E-state index in [1.165, 1.54) is 16.0 Å². The van der Waals surface area contributed by atoms with Crippen molar-refractivity contribution in [3.63, 3.8) is 0 Å². The SMILES string of the molecule is N#CN1CCN(CCNC(=O)c2ccc(N(N)c3ccc4c(n3)N(C3CCCCC3)[C@H](CN=[N+]=[N-])C(=O)N4CN=[N+]=[N-])c(OCN=[N+]=[N-])c2)CC1. The Balaban J connectivity index is 1.44. The minimum Gasteiger partial charge on any atom is -0.485 e. The molecule has 0 bridgehead atoms. The lowest BCUT2D eigenvalue weighted by Gasteiger charge is -2.46. The number of amides is 2. The summed E-state index contributed by atoms with van der Waals surface area (Å²) in [5.41, 5.74) is 28.0. The number of nitriles is 1. The first-order chi connectivity index (χ1) is 24.9. The highest BCUT2D eigenvalue weighted by Crippen LogP contribution is 2.41. The van der Waals surface area contributed by atoms with Crippen molar-refractivity contribution in [1.82, 2.24) is 20.1 Å². The van der Waals surface area contributed by atoms with Crippen molar-refractivity contribution in [1.29, 1.82) is 5.26 Å². The third kappa shape index (κ3) is 8.54. The van der Waals surface area contributed by atoms with E-state index in [9.17, 15) is 9.59 Å². The molecule has 3 aliphatic rings. The van der Waals surface area contributed by atoms with Crippen LogP contribution in [-0.2, 0) is 4.79 Å². The van der Waals surface area contributed by atoms with Crippen LogP contribution in [0.3, 0.4) is 0 Å². The van der Waals surface area contributed by atoms with E-state index in [2.05, 4.69) is 46.5 Å². The number of rotatable bonds is 14. The molecule has 2 fully saturated rings. The van der Waals surface area contributed by atoms with Gasteiger partial charge in [0.1, 0.15) is 30.0 Å². The molecule has 266 valence electrons. The van der Waals surface area contributed by atoms with Gasteiger partial charge < -0.3 is 24.8 Å². The Labute approximate surface area is 293 Å². The van der Waals surface area contributed by atoms with E-state index in [1.54, 1.807) is 29.2 Å². The topological polar surface area (TPSA) is 281 Å². The molecule has 1 saturated heterocycles. The molecule has 1 saturated carbocycles. The number of hydrogen-bond donors (Lipinski definition) is 2. The minimum atomic E-state index is -0.887. The van der Waals surface area contributed by atoms with E-state index >= 15 is 0 Å². The Hall–Kier alpha value is -6.15. The summed E-state index contributed by atoms with van der Waals surface area (Å²) in [5.74, 6) is 6.75. The first-order valence-electron chi connectivity index (χ1n) is 16.5. The van der Waals surface area contributed by atoms with Gasteiger partial charge in [0.15, 0.2) is 18.7 Å². The number of carbonyl (C=O) groups excluding carboxylic acids is 2. The maximum atomic E-state index is 13.8. The summed E-state index contributed by atoms with van der Waals surface area (Å²) in [4.78, 5) is 47.3. The van der Waals surface area contributed by atoms with Gasteiger partial charge in [0, 0.05) is 65.6 Å². The number of carbonyl (C=O) groups is 2. The van der Waals surface area contributed by atoms with Crippen LogP contribution in [0.2, 0.25) is 0 Å². The molecule has 2 amide bonds. The van der Waals surface area contributed by atoms with Gasteiger partial charge in [-0.1, -0.05) is 34.6 Å². The van der Waals surface area contributed by atoms with Crippen molar-refractivity contribution >= 4 is 34.8 Å². The summed E-state index contributed by atoms with van der Waals surface area (Å²) in [7, 11) is 0. The van der Waals surface area contributed by atoms with Crippen LogP contribution in [-0.4, -0.2) is 97.9 Å². The number of azide groups is 3. The molecule has 1 aromatic heterocycles. The highest BCUT2D eigenvalue weighted by atomic mass is 16.5. The second-order valence-electron chi connectivity index (χ2n) is 12.0. The average molecular weight is 699 g/mol. The van der Waals surface area contributed by atoms with Crippen molar-refractivity contribution in [2.24, 2.45) is 21.2 Å². The van der Waals surface area contributed by atoms with Gasteiger partial charge in [-0.25, -0.2) is 10.8 Å². The van der Waals surface area contributed by atoms with Crippen molar-refractivity contribution in [3.05, 3.63) is 67.2 Å². The third-order valence-corrected chi connectivity index (χ3v) is 9.11. The van der Waals surface area contributed by atoms with E-state index < -0.39 is 6.04 Å². The number of pyridine rings is 1. The number of nitrogens with zero attached hydrogens (tertiary/aromatic N) is 16. The highest BCUT2D eigenvalue weighted by Gasteiger charge is 2.42. The molecule has 0 unspecified atom stereocenters. The minimum absolute atomic E-state index is 0.0707. The molecule has 1 aliphatic carbocycles. The fourth-order valence-corrected chi connectivity index (χ4v) is 6.55. The van der Waals surface area contributed by atoms with Crippen molar-refractivity contribution in [2.75, 3.05) is 74.0 Å². The van der Waals surface area contributed by atoms with Crippen molar-refractivity contribution in [3.8, 4) is 11.9 Å². The van der Waals surface area contributed by atoms with Crippen LogP contribution < -0.4 is 30.7 Å². The molecule has 21 heteroatoms. The molecule has 3 N–H and O–H groups in total. The number of piperazine rings is 1. The number of hydrazine groups is 1. The monoisotopic (exact) mass is 698 g/mol. The molecular weight excluding hydrogens is 660 g/mol. The van der Waals surface area contributed by atoms with Crippen LogP contribution in [0.1, 0.15) is 42.5 Å². The van der Waals surface area contributed by atoms with E-state index in [0.29, 0.717) is 43.4 Å². The van der Waals surface area contributed by atoms with Crippen molar-refractivity contribution in [2.45, 2.75) is 44.2 Å². The lowest BCUT2D eigenvalue weighted by Crippen LogP contribution is -2.59. The number of fused-ring (bicyclic) bond motifs is 1. The number of nitrogens with two attached hydrogens (primary N) is 1. The van der Waals surface area contributed by atoms with Crippen LogP contribution >= 0.6 is 0 Å². The van der Waals surface area contributed by atoms with E-state index in [4.69, 9.17) is 37.4 Å². The van der Waals surface area contributed by atoms with Crippen molar-refractivity contribution < 1.29 is 14.3 Å². The second kappa shape index (κ2) is 17.5. The summed E-state index contributed by atoms with van der Waals surface area (Å²) in [6.45, 7) is 2.94. The molecule has 0 radical (unpaired) electrons. The molecule has 21 nitrogen and oxygen atoms in total. The number of hydrogen-bond acceptors (Lipinski definition) is 13. The quantitative estimate of drug-likeness (QED) is 0.0714. The molecule has 0 spiro atoms. The Morgan fingerprint density at radius 1 is 1.06 bits per heavy atom. The molecule has 51 heavy (non-hydrogen) atoms. The van der Waals surface area contributed by atoms with Gasteiger partial charge >= 0.3 is 0 Å². The summed E-state index contributed by atoms with van der Waals surface area (Å²) in [6.07, 6.45) is 6.72. The number of benzene rings is 1. The number of aromatic nitrogens is 1. The molecular formula is C30H38N18O3. The zero-order valence-electron chi connectivity index (χ0n) is 27.9. The van der Waals surface area contributed by atoms with Gasteiger partial charge in [0.2, 0.25) is 5.91 Å². The van der Waals surface area contributed by atoms with Gasteiger partial charge in [-0.2, -0.15) is 5.26 Å². The van der Waals surface area contributed by atoms with Crippen LogP contribution in [0.4, 0.5) is 23.0 Å². The van der Waals surface area contributed by atoms with E-state index in [-0.39, 0.29) is 54.9 Å². The summed E-state index contributed by atoms with van der Waals surface area (Å²) in [5, 5.41) is 24.0. The largest absolute Gasteiger partial charge is 0.485 e. The first-order valence-corrected chi connectivity index (χ1v) is 16.5. The average Bonchev–Trinajstić information content (AvgIpc) is 3.16. The third-order valence-electron chi connectivity index (χ3n) is 9.11. The van der Waals surface area contributed by atoms with Gasteiger partial charge in [0.05, 0.1) is 12.2 Å². The maximum Gasteiger partial charge on any atom is 0.251 e. The van der Waals surface area contributed by atoms with Crippen LogP contribution in [0, 0.1) is 11.5 Å². The predicted molar refractivity (Wildman–Crippen MR) is 186 cm³/mol. The lowest BCUT2D eigenvalue weighted by atomic mass is 9.92. The molecule has 5 rings (SSSR count). The van der Waals surface area contributed by atoms with Crippen LogP contribution in [0.15, 0.2) is 45.7 Å². The lowest BCUT2D eigenvalue weighted by molar-refractivity contribution is -0.120. The first kappa shape index (κ1) is 36.1. The zero-order valence-corrected chi connectivity index (χ0v) is 27.9. The normalized spacial score (nSPS) is 17.6.